The zero-order valence-corrected chi connectivity index (χ0v) is 7.96. The number of fused-ring (bicyclic) bond motifs is 1. The molecule has 0 aromatic heterocycles. The highest BCUT2D eigenvalue weighted by Gasteiger charge is 2.22. The minimum Gasteiger partial charge on any atom is -0.691 e. The molecule has 0 atom stereocenters. The lowest BCUT2D eigenvalue weighted by Crippen LogP contribution is -2.15. The molecule has 0 radical (unpaired) electrons. The van der Waals surface area contributed by atoms with Gasteiger partial charge in [0.1, 0.15) is 5.22 Å². The Bertz CT molecular complexity index is 380. The maximum Gasteiger partial charge on any atom is 0.164 e. The zero-order chi connectivity index (χ0) is 9.42. The monoisotopic (exact) mass is 217 g/mol. The summed E-state index contributed by atoms with van der Waals surface area (Å²) in [4.78, 5) is 0.456. The summed E-state index contributed by atoms with van der Waals surface area (Å²) in [5, 5.41) is 15.2. The van der Waals surface area contributed by atoms with E-state index in [1.165, 1.54) is 0 Å². The van der Waals surface area contributed by atoms with Crippen LogP contribution in [0.25, 0.3) is 0 Å². The topological polar surface area (TPSA) is 41.7 Å². The third-order valence-corrected chi connectivity index (χ3v) is 2.31. The van der Waals surface area contributed by atoms with Crippen LogP contribution in [0.4, 0.5) is 5.69 Å². The predicted molar refractivity (Wildman–Crippen MR) is 48.6 cm³/mol. The molecule has 0 saturated heterocycles. The maximum absolute atomic E-state index is 11.2. The van der Waals surface area contributed by atoms with Crippen molar-refractivity contribution < 1.29 is 4.86 Å². The van der Waals surface area contributed by atoms with E-state index < -0.39 is 0 Å². The van der Waals surface area contributed by atoms with Crippen molar-refractivity contribution in [3.8, 4) is 0 Å². The minimum absolute atomic E-state index is 0.343. The van der Waals surface area contributed by atoms with Crippen molar-refractivity contribution in [1.82, 2.24) is 4.53 Å². The van der Waals surface area contributed by atoms with Gasteiger partial charge < -0.3 is 5.21 Å². The van der Waals surface area contributed by atoms with E-state index in [2.05, 4.69) is 5.22 Å². The van der Waals surface area contributed by atoms with Crippen LogP contribution in [0, 0.1) is 5.21 Å². The average Bonchev–Trinajstić information content (AvgIpc) is 2.07. The summed E-state index contributed by atoms with van der Waals surface area (Å²) in [6, 6.07) is 5.07. The zero-order valence-electron chi connectivity index (χ0n) is 6.44. The van der Waals surface area contributed by atoms with Crippen molar-refractivity contribution >= 4 is 29.1 Å². The first-order valence-corrected chi connectivity index (χ1v) is 4.29. The summed E-state index contributed by atoms with van der Waals surface area (Å²) in [5.41, 5.74) is 1.15. The Labute approximate surface area is 84.6 Å². The Hall–Kier alpha value is -1.00. The maximum atomic E-state index is 11.2. The molecule has 1 aliphatic heterocycles. The second kappa shape index (κ2) is 3.05. The highest BCUT2D eigenvalue weighted by molar-refractivity contribution is 6.31. The molecule has 0 saturated carbocycles. The van der Waals surface area contributed by atoms with E-state index in [-0.39, 0.29) is 0 Å². The van der Waals surface area contributed by atoms with Crippen molar-refractivity contribution in [1.29, 1.82) is 0 Å². The Morgan fingerprint density at radius 2 is 2.31 bits per heavy atom. The molecule has 4 nitrogen and oxygen atoms in total. The van der Waals surface area contributed by atoms with Crippen LogP contribution in [0.1, 0.15) is 5.56 Å². The van der Waals surface area contributed by atoms with Crippen LogP contribution in [-0.4, -0.2) is 9.39 Å². The molecule has 0 aliphatic carbocycles. The van der Waals surface area contributed by atoms with Crippen molar-refractivity contribution in [3.05, 3.63) is 34.0 Å². The third-order valence-electron chi connectivity index (χ3n) is 1.77. The first-order valence-electron chi connectivity index (χ1n) is 3.58. The molecule has 68 valence electrons. The van der Waals surface area contributed by atoms with Gasteiger partial charge in [-0.3, -0.25) is 0 Å². The van der Waals surface area contributed by atoms with E-state index in [1.54, 1.807) is 18.2 Å². The first-order chi connectivity index (χ1) is 6.18. The molecule has 0 fully saturated rings. The molecule has 6 heteroatoms. The lowest BCUT2D eigenvalue weighted by molar-refractivity contribution is -0.463. The van der Waals surface area contributed by atoms with E-state index in [0.29, 0.717) is 27.7 Å². The predicted octanol–water partition coefficient (Wildman–Crippen LogP) is 2.82. The molecule has 1 aromatic carbocycles. The van der Waals surface area contributed by atoms with Crippen LogP contribution in [0.2, 0.25) is 5.02 Å². The molecule has 1 aromatic rings. The van der Waals surface area contributed by atoms with Gasteiger partial charge in [-0.15, -0.1) is 4.86 Å². The highest BCUT2D eigenvalue weighted by Crippen LogP contribution is 2.31. The second-order valence-electron chi connectivity index (χ2n) is 2.59. The fraction of sp³-hybridized carbons (Fsp3) is 0.143. The quantitative estimate of drug-likeness (QED) is 0.381. The summed E-state index contributed by atoms with van der Waals surface area (Å²) in [5.74, 6) is 0. The Kier molecular flexibility index (Phi) is 2.01. The molecule has 1 heterocycles. The molecule has 1 aliphatic rings. The van der Waals surface area contributed by atoms with Gasteiger partial charge in [-0.25, -0.2) is 0 Å². The van der Waals surface area contributed by atoms with Crippen molar-refractivity contribution in [3.63, 3.8) is 0 Å². The molecular weight excluding hydrogens is 213 g/mol. The van der Waals surface area contributed by atoms with Crippen molar-refractivity contribution in [2.75, 3.05) is 0 Å². The third kappa shape index (κ3) is 1.43. The van der Waals surface area contributed by atoms with E-state index in [4.69, 9.17) is 23.4 Å². The van der Waals surface area contributed by atoms with Gasteiger partial charge in [0.05, 0.1) is 10.6 Å². The van der Waals surface area contributed by atoms with Crippen LogP contribution in [-0.2, 0) is 6.54 Å². The average molecular weight is 218 g/mol. The summed E-state index contributed by atoms with van der Waals surface area (Å²) >= 11 is 11.5. The van der Waals surface area contributed by atoms with Gasteiger partial charge in [0.15, 0.2) is 24.0 Å². The smallest absolute Gasteiger partial charge is 0.164 e. The lowest BCUT2D eigenvalue weighted by atomic mass is 10.2. The van der Waals surface area contributed by atoms with E-state index >= 15 is 0 Å². The molecule has 0 spiro atoms. The number of hydrogen-bond acceptors (Lipinski definition) is 3. The lowest BCUT2D eigenvalue weighted by Gasteiger charge is -2.17. The van der Waals surface area contributed by atoms with Gasteiger partial charge in [0, 0.05) is 0 Å². The van der Waals surface area contributed by atoms with Crippen LogP contribution >= 0.6 is 23.4 Å². The van der Waals surface area contributed by atoms with Crippen LogP contribution in [0.3, 0.4) is 0 Å². The molecule has 0 unspecified atom stereocenters. The van der Waals surface area contributed by atoms with Crippen molar-refractivity contribution in [2.45, 2.75) is 6.54 Å². The first kappa shape index (κ1) is 8.59. The Morgan fingerprint density at radius 3 is 3.08 bits per heavy atom. The van der Waals surface area contributed by atoms with Gasteiger partial charge in [0.25, 0.3) is 0 Å². The van der Waals surface area contributed by atoms with Crippen LogP contribution in [0.5, 0.6) is 0 Å². The molecule has 2 rings (SSSR count). The summed E-state index contributed by atoms with van der Waals surface area (Å²) in [7, 11) is 0. The largest absolute Gasteiger partial charge is 0.691 e. The number of rotatable bonds is 0. The molecule has 0 amide bonds. The van der Waals surface area contributed by atoms with Gasteiger partial charge in [-0.1, -0.05) is 22.2 Å². The number of halogens is 2. The number of nitrogens with zero attached hydrogens (tertiary/aromatic N) is 3. The number of hydrogen-bond donors (Lipinski definition) is 0. The normalized spacial score (nSPS) is 15.2. The SMILES string of the molecule is [O-][N+]1=NN(Cl)Cc2c(Cl)cccc21. The van der Waals surface area contributed by atoms with Crippen LogP contribution < -0.4 is 0 Å². The molecule has 0 bridgehead atoms. The minimum atomic E-state index is 0.343. The van der Waals surface area contributed by atoms with Gasteiger partial charge in [-0.05, 0) is 12.1 Å². The van der Waals surface area contributed by atoms with E-state index in [9.17, 15) is 5.21 Å². The van der Waals surface area contributed by atoms with Crippen LogP contribution in [0.15, 0.2) is 23.4 Å². The Balaban J connectivity index is 2.59. The molecule has 13 heavy (non-hydrogen) atoms. The highest BCUT2D eigenvalue weighted by atomic mass is 35.5. The summed E-state index contributed by atoms with van der Waals surface area (Å²) in [6.07, 6.45) is 0. The van der Waals surface area contributed by atoms with Gasteiger partial charge >= 0.3 is 0 Å². The van der Waals surface area contributed by atoms with E-state index in [1.807, 2.05) is 0 Å². The van der Waals surface area contributed by atoms with Crippen molar-refractivity contribution in [2.24, 2.45) is 5.22 Å². The summed E-state index contributed by atoms with van der Waals surface area (Å²) in [6.45, 7) is 0.343. The van der Waals surface area contributed by atoms with E-state index in [0.717, 1.165) is 4.53 Å². The second-order valence-corrected chi connectivity index (χ2v) is 3.39. The van der Waals surface area contributed by atoms with Gasteiger partial charge in [0.2, 0.25) is 0 Å². The summed E-state index contributed by atoms with van der Waals surface area (Å²) < 4.78 is 1.03. The Morgan fingerprint density at radius 1 is 1.54 bits per heavy atom. The van der Waals surface area contributed by atoms with Gasteiger partial charge in [-0.2, -0.15) is 0 Å². The fourth-order valence-electron chi connectivity index (χ4n) is 1.18. The standard InChI is InChI=1S/C7H5Cl2N3O/c8-6-2-1-3-7-5(6)4-11(9)10-12(7)13/h1-3H,4H2. The molecule has 0 N–H and O–H groups in total. The molecular formula is C7H5Cl2N3O. The number of benzene rings is 1. The fourth-order valence-corrected chi connectivity index (χ4v) is 1.59.